The van der Waals surface area contributed by atoms with E-state index < -0.39 is 18.5 Å². The summed E-state index contributed by atoms with van der Waals surface area (Å²) < 4.78 is 50.0. The van der Waals surface area contributed by atoms with Gasteiger partial charge in [-0.15, -0.1) is 0 Å². The van der Waals surface area contributed by atoms with E-state index in [0.717, 1.165) is 4.57 Å². The Morgan fingerprint density at radius 3 is 2.65 bits per heavy atom. The molecule has 0 aliphatic carbocycles. The zero-order valence-electron chi connectivity index (χ0n) is 17.6. The van der Waals surface area contributed by atoms with Crippen LogP contribution in [0.2, 0.25) is 0 Å². The van der Waals surface area contributed by atoms with Gasteiger partial charge in [-0.25, -0.2) is 19.8 Å². The molecule has 0 amide bonds. The fourth-order valence-corrected chi connectivity index (χ4v) is 4.37. The number of imidazole rings is 1. The van der Waals surface area contributed by atoms with Crippen LogP contribution < -0.4 is 10.2 Å². The Bertz CT molecular complexity index is 1310. The Morgan fingerprint density at radius 2 is 1.94 bits per heavy atom. The molecular formula is C22H18Br2F3N5O2. The number of benzene rings is 1. The highest BCUT2D eigenvalue weighted by molar-refractivity contribution is 9.10. The molecule has 0 fully saturated rings. The predicted molar refractivity (Wildman–Crippen MR) is 126 cm³/mol. The molecule has 0 saturated heterocycles. The molecule has 0 aliphatic rings. The molecule has 3 aromatic heterocycles. The summed E-state index contributed by atoms with van der Waals surface area (Å²) >= 11 is 6.53. The van der Waals surface area contributed by atoms with E-state index in [0.29, 0.717) is 27.0 Å². The fraction of sp³-hybridized carbons (Fsp3) is 0.182. The molecule has 0 radical (unpaired) electrons. The topological polar surface area (TPSA) is 77.1 Å². The van der Waals surface area contributed by atoms with Gasteiger partial charge in [0.2, 0.25) is 0 Å². The number of hydrogen-bond donors (Lipinski definition) is 2. The van der Waals surface area contributed by atoms with Crippen LogP contribution in [0.15, 0.2) is 64.2 Å². The summed E-state index contributed by atoms with van der Waals surface area (Å²) in [5, 5.41) is 9.34. The van der Waals surface area contributed by atoms with Crippen LogP contribution in [0.25, 0.3) is 11.4 Å². The van der Waals surface area contributed by atoms with Crippen molar-refractivity contribution in [2.75, 3.05) is 5.48 Å². The van der Waals surface area contributed by atoms with Crippen LogP contribution in [0, 0.1) is 5.82 Å². The number of anilines is 1. The maximum absolute atomic E-state index is 14.2. The molecule has 12 heteroatoms. The second-order valence-electron chi connectivity index (χ2n) is 7.30. The van der Waals surface area contributed by atoms with E-state index in [4.69, 9.17) is 4.74 Å². The molecule has 1 unspecified atom stereocenters. The summed E-state index contributed by atoms with van der Waals surface area (Å²) in [6, 6.07) is 7.47. The number of hydrogen-bond acceptors (Lipinski definition) is 5. The van der Waals surface area contributed by atoms with Crippen molar-refractivity contribution in [3.8, 4) is 17.1 Å². The monoisotopic (exact) mass is 599 g/mol. The van der Waals surface area contributed by atoms with Gasteiger partial charge in [0.15, 0.2) is 11.6 Å². The van der Waals surface area contributed by atoms with Gasteiger partial charge in [-0.05, 0) is 69.1 Å². The molecule has 1 aromatic carbocycles. The zero-order valence-corrected chi connectivity index (χ0v) is 20.8. The lowest BCUT2D eigenvalue weighted by Gasteiger charge is -2.20. The predicted octanol–water partition coefficient (Wildman–Crippen LogP) is 6.80. The lowest BCUT2D eigenvalue weighted by atomic mass is 10.0. The smallest absolute Gasteiger partial charge is 0.319 e. The summed E-state index contributed by atoms with van der Waals surface area (Å²) in [6.07, 6.45) is 5.42. The first-order chi connectivity index (χ1) is 16.3. The van der Waals surface area contributed by atoms with E-state index in [1.807, 2.05) is 5.48 Å². The van der Waals surface area contributed by atoms with E-state index >= 15 is 0 Å². The van der Waals surface area contributed by atoms with Gasteiger partial charge >= 0.3 is 6.55 Å². The average Bonchev–Trinajstić information content (AvgIpc) is 3.41. The largest absolute Gasteiger partial charge is 0.482 e. The molecule has 4 aromatic rings. The quantitative estimate of drug-likeness (QED) is 0.218. The normalized spacial score (nSPS) is 12.2. The molecule has 1 atom stereocenters. The minimum absolute atomic E-state index is 0.0999. The second-order valence-corrected chi connectivity index (χ2v) is 8.97. The van der Waals surface area contributed by atoms with Gasteiger partial charge in [-0.2, -0.15) is 8.78 Å². The fourth-order valence-electron chi connectivity index (χ4n) is 3.53. The summed E-state index contributed by atoms with van der Waals surface area (Å²) in [7, 11) is 0. The summed E-state index contributed by atoms with van der Waals surface area (Å²) in [5.74, 6) is 0.398. The molecule has 0 spiro atoms. The summed E-state index contributed by atoms with van der Waals surface area (Å²) in [6.45, 7) is -0.680. The van der Waals surface area contributed by atoms with E-state index in [1.165, 1.54) is 24.5 Å². The van der Waals surface area contributed by atoms with Crippen molar-refractivity contribution in [2.24, 2.45) is 0 Å². The maximum atomic E-state index is 14.2. The molecular weight excluding hydrogens is 583 g/mol. The van der Waals surface area contributed by atoms with Gasteiger partial charge in [-0.3, -0.25) is 9.77 Å². The maximum Gasteiger partial charge on any atom is 0.319 e. The molecule has 3 heterocycles. The highest BCUT2D eigenvalue weighted by Crippen LogP contribution is 2.35. The summed E-state index contributed by atoms with van der Waals surface area (Å²) in [5.41, 5.74) is 3.71. The van der Waals surface area contributed by atoms with Crippen molar-refractivity contribution in [2.45, 2.75) is 26.1 Å². The van der Waals surface area contributed by atoms with Crippen LogP contribution in [0.5, 0.6) is 5.75 Å². The van der Waals surface area contributed by atoms with Crippen LogP contribution >= 0.6 is 31.9 Å². The number of nitrogens with one attached hydrogen (secondary N) is 1. The van der Waals surface area contributed by atoms with E-state index in [2.05, 4.69) is 41.8 Å². The van der Waals surface area contributed by atoms with Gasteiger partial charge < -0.3 is 9.30 Å². The van der Waals surface area contributed by atoms with Crippen molar-refractivity contribution in [1.82, 2.24) is 19.1 Å². The molecule has 0 bridgehead atoms. The van der Waals surface area contributed by atoms with E-state index in [9.17, 15) is 18.4 Å². The Morgan fingerprint density at radius 1 is 1.15 bits per heavy atom. The molecule has 0 aliphatic heterocycles. The second kappa shape index (κ2) is 10.2. The third-order valence-corrected chi connectivity index (χ3v) is 6.47. The number of rotatable bonds is 8. The third-order valence-electron chi connectivity index (χ3n) is 5.12. The SMILES string of the molecule is CC(Oc1cc(Br)cnc1NO)c1cc(F)ccc1-c1nccn1Cc1ccn(C(F)F)c1Br. The molecule has 2 N–H and O–H groups in total. The summed E-state index contributed by atoms with van der Waals surface area (Å²) in [4.78, 5) is 8.46. The first kappa shape index (κ1) is 24.3. The lowest BCUT2D eigenvalue weighted by molar-refractivity contribution is 0.0682. The first-order valence-electron chi connectivity index (χ1n) is 9.95. The van der Waals surface area contributed by atoms with Crippen LogP contribution in [0.3, 0.4) is 0 Å². The number of pyridine rings is 1. The van der Waals surface area contributed by atoms with Crippen LogP contribution in [-0.4, -0.2) is 24.3 Å². The van der Waals surface area contributed by atoms with Gasteiger partial charge in [0, 0.05) is 46.0 Å². The van der Waals surface area contributed by atoms with Crippen molar-refractivity contribution >= 4 is 37.7 Å². The van der Waals surface area contributed by atoms with Crippen molar-refractivity contribution in [1.29, 1.82) is 0 Å². The minimum Gasteiger partial charge on any atom is -0.482 e. The Hall–Kier alpha value is -2.83. The number of halogens is 5. The van der Waals surface area contributed by atoms with Crippen molar-refractivity contribution in [3.05, 3.63) is 81.1 Å². The number of alkyl halides is 2. The number of ether oxygens (including phenoxy) is 1. The minimum atomic E-state index is -2.67. The van der Waals surface area contributed by atoms with Crippen LogP contribution in [0.1, 0.15) is 30.7 Å². The van der Waals surface area contributed by atoms with E-state index in [1.54, 1.807) is 42.1 Å². The Kier molecular flexibility index (Phi) is 7.29. The molecule has 4 rings (SSSR count). The van der Waals surface area contributed by atoms with E-state index in [-0.39, 0.29) is 22.7 Å². The standard InChI is InChI=1S/C22H18Br2F3N5O2/c1-12(34-18-8-14(23)10-29-20(18)30-33)17-9-15(25)2-3-16(17)21-28-5-7-31(21)11-13-4-6-32(19(13)24)22(26)27/h2-10,12,22,33H,11H2,1H3,(H,29,30). The highest BCUT2D eigenvalue weighted by Gasteiger charge is 2.21. The lowest BCUT2D eigenvalue weighted by Crippen LogP contribution is -2.10. The van der Waals surface area contributed by atoms with Crippen LogP contribution in [-0.2, 0) is 6.54 Å². The molecule has 178 valence electrons. The van der Waals surface area contributed by atoms with Crippen molar-refractivity contribution < 1.29 is 23.1 Å². The number of nitrogens with zero attached hydrogens (tertiary/aromatic N) is 4. The first-order valence-corrected chi connectivity index (χ1v) is 11.5. The van der Waals surface area contributed by atoms with Gasteiger partial charge in [0.05, 0.1) is 11.1 Å². The number of aromatic nitrogens is 4. The Balaban J connectivity index is 1.69. The van der Waals surface area contributed by atoms with Crippen molar-refractivity contribution in [3.63, 3.8) is 0 Å². The third kappa shape index (κ3) is 4.98. The molecule has 0 saturated carbocycles. The zero-order chi connectivity index (χ0) is 24.4. The van der Waals surface area contributed by atoms with Crippen LogP contribution in [0.4, 0.5) is 19.0 Å². The molecule has 7 nitrogen and oxygen atoms in total. The van der Waals surface area contributed by atoms with Gasteiger partial charge in [0.1, 0.15) is 17.7 Å². The average molecular weight is 601 g/mol. The Labute approximate surface area is 209 Å². The highest BCUT2D eigenvalue weighted by atomic mass is 79.9. The van der Waals surface area contributed by atoms with Gasteiger partial charge in [0.25, 0.3) is 0 Å². The van der Waals surface area contributed by atoms with Gasteiger partial charge in [-0.1, -0.05) is 0 Å². The molecule has 34 heavy (non-hydrogen) atoms.